The van der Waals surface area contributed by atoms with Crippen LogP contribution in [0.15, 0.2) is 46.3 Å². The lowest BCUT2D eigenvalue weighted by atomic mass is 9.97. The zero-order valence-electron chi connectivity index (χ0n) is 18.8. The molecule has 12 nitrogen and oxygen atoms in total. The van der Waals surface area contributed by atoms with Crippen LogP contribution in [0.1, 0.15) is 24.3 Å². The second-order valence-electron chi connectivity index (χ2n) is 7.98. The first kappa shape index (κ1) is 23.6. The standard InChI is InChI=1S/C21H25N7O5S/c1-14-20(15(2)33-26-14)34(31,32)27-9-7-16(8-10-27)21(30)23-11-19(29)25-17-3-5-18(6-4-17)28-13-22-12-24-28/h3-6,12-13,16H,7-11H2,1-2H3,(H,23,30)(H,25,29). The number of carbonyl (C=O) groups excluding carboxylic acids is 2. The van der Waals surface area contributed by atoms with Crippen molar-refractivity contribution in [3.05, 3.63) is 48.4 Å². The van der Waals surface area contributed by atoms with Gasteiger partial charge in [-0.1, -0.05) is 5.16 Å². The number of amides is 2. The van der Waals surface area contributed by atoms with Crippen LogP contribution in [0.3, 0.4) is 0 Å². The summed E-state index contributed by atoms with van der Waals surface area (Å²) in [4.78, 5) is 28.7. The van der Waals surface area contributed by atoms with Crippen LogP contribution in [0, 0.1) is 19.8 Å². The molecule has 0 aliphatic carbocycles. The highest BCUT2D eigenvalue weighted by Crippen LogP contribution is 2.27. The van der Waals surface area contributed by atoms with E-state index in [4.69, 9.17) is 4.52 Å². The van der Waals surface area contributed by atoms with E-state index in [9.17, 15) is 18.0 Å². The molecule has 3 heterocycles. The Bertz CT molecular complexity index is 1240. The third kappa shape index (κ3) is 4.99. The Labute approximate surface area is 196 Å². The maximum Gasteiger partial charge on any atom is 0.248 e. The lowest BCUT2D eigenvalue weighted by Gasteiger charge is -2.30. The molecule has 2 aromatic heterocycles. The fourth-order valence-electron chi connectivity index (χ4n) is 3.89. The number of nitrogens with one attached hydrogen (secondary N) is 2. The van der Waals surface area contributed by atoms with E-state index in [1.165, 1.54) is 10.6 Å². The summed E-state index contributed by atoms with van der Waals surface area (Å²) >= 11 is 0. The van der Waals surface area contributed by atoms with Crippen molar-refractivity contribution in [2.75, 3.05) is 25.0 Å². The van der Waals surface area contributed by atoms with Crippen LogP contribution in [-0.2, 0) is 19.6 Å². The molecule has 34 heavy (non-hydrogen) atoms. The Kier molecular flexibility index (Phi) is 6.75. The van der Waals surface area contributed by atoms with Gasteiger partial charge in [-0.15, -0.1) is 0 Å². The van der Waals surface area contributed by atoms with Crippen LogP contribution < -0.4 is 10.6 Å². The van der Waals surface area contributed by atoms with E-state index in [-0.39, 0.29) is 48.0 Å². The van der Waals surface area contributed by atoms with E-state index < -0.39 is 10.0 Å². The van der Waals surface area contributed by atoms with Gasteiger partial charge >= 0.3 is 0 Å². The van der Waals surface area contributed by atoms with Crippen molar-refractivity contribution in [1.82, 2.24) is 29.5 Å². The Morgan fingerprint density at radius 2 is 1.85 bits per heavy atom. The van der Waals surface area contributed by atoms with Gasteiger partial charge in [-0.05, 0) is 51.0 Å². The number of anilines is 1. The molecule has 1 saturated heterocycles. The smallest absolute Gasteiger partial charge is 0.248 e. The SMILES string of the molecule is Cc1noc(C)c1S(=O)(=O)N1CCC(C(=O)NCC(=O)Nc2ccc(-n3cncn3)cc2)CC1. The molecule has 2 N–H and O–H groups in total. The molecule has 0 spiro atoms. The monoisotopic (exact) mass is 487 g/mol. The second-order valence-corrected chi connectivity index (χ2v) is 9.86. The van der Waals surface area contributed by atoms with Gasteiger partial charge in [0.2, 0.25) is 21.8 Å². The summed E-state index contributed by atoms with van der Waals surface area (Å²) in [7, 11) is -3.73. The Balaban J connectivity index is 1.24. The number of piperidine rings is 1. The Hall–Kier alpha value is -3.58. The number of hydrogen-bond donors (Lipinski definition) is 2. The normalized spacial score (nSPS) is 15.2. The van der Waals surface area contributed by atoms with Crippen molar-refractivity contribution < 1.29 is 22.5 Å². The van der Waals surface area contributed by atoms with Crippen LogP contribution in [0.25, 0.3) is 5.69 Å². The number of hydrogen-bond acceptors (Lipinski definition) is 8. The molecular weight excluding hydrogens is 462 g/mol. The lowest BCUT2D eigenvalue weighted by molar-refractivity contribution is -0.128. The maximum atomic E-state index is 12.9. The first-order chi connectivity index (χ1) is 16.3. The van der Waals surface area contributed by atoms with Gasteiger partial charge < -0.3 is 15.2 Å². The number of carbonyl (C=O) groups is 2. The van der Waals surface area contributed by atoms with Gasteiger partial charge in [0.05, 0.1) is 12.2 Å². The maximum absolute atomic E-state index is 12.9. The minimum atomic E-state index is -3.73. The van der Waals surface area contributed by atoms with Crippen LogP contribution in [0.2, 0.25) is 0 Å². The van der Waals surface area contributed by atoms with Gasteiger partial charge in [0.15, 0.2) is 5.76 Å². The fraction of sp³-hybridized carbons (Fsp3) is 0.381. The van der Waals surface area contributed by atoms with Gasteiger partial charge in [0.1, 0.15) is 23.2 Å². The zero-order valence-corrected chi connectivity index (χ0v) is 19.6. The van der Waals surface area contributed by atoms with Crippen LogP contribution in [0.4, 0.5) is 5.69 Å². The lowest BCUT2D eigenvalue weighted by Crippen LogP contribution is -2.44. The van der Waals surface area contributed by atoms with Crippen LogP contribution in [0.5, 0.6) is 0 Å². The average Bonchev–Trinajstić information content (AvgIpc) is 3.48. The van der Waals surface area contributed by atoms with Crippen molar-refractivity contribution in [3.63, 3.8) is 0 Å². The molecule has 0 atom stereocenters. The average molecular weight is 488 g/mol. The van der Waals surface area contributed by atoms with E-state index in [0.29, 0.717) is 24.2 Å². The number of aromatic nitrogens is 4. The number of aryl methyl sites for hydroxylation is 2. The van der Waals surface area contributed by atoms with E-state index in [2.05, 4.69) is 25.9 Å². The number of sulfonamides is 1. The summed E-state index contributed by atoms with van der Waals surface area (Å²) < 4.78 is 33.7. The van der Waals surface area contributed by atoms with Gasteiger partial charge in [-0.25, -0.2) is 18.1 Å². The highest BCUT2D eigenvalue weighted by atomic mass is 32.2. The molecule has 0 bridgehead atoms. The van der Waals surface area contributed by atoms with E-state index in [0.717, 1.165) is 5.69 Å². The Morgan fingerprint density at radius 1 is 1.15 bits per heavy atom. The van der Waals surface area contributed by atoms with Crippen LogP contribution >= 0.6 is 0 Å². The third-order valence-electron chi connectivity index (χ3n) is 5.65. The number of benzene rings is 1. The fourth-order valence-corrected chi connectivity index (χ4v) is 5.65. The third-order valence-corrected chi connectivity index (χ3v) is 7.79. The zero-order chi connectivity index (χ0) is 24.3. The minimum absolute atomic E-state index is 0.0846. The summed E-state index contributed by atoms with van der Waals surface area (Å²) in [5, 5.41) is 13.1. The van der Waals surface area contributed by atoms with E-state index >= 15 is 0 Å². The highest BCUT2D eigenvalue weighted by Gasteiger charge is 2.35. The van der Waals surface area contributed by atoms with Crippen molar-refractivity contribution >= 4 is 27.5 Å². The molecule has 13 heteroatoms. The van der Waals surface area contributed by atoms with Gasteiger partial charge in [0, 0.05) is 24.7 Å². The molecule has 4 rings (SSSR count). The van der Waals surface area contributed by atoms with Crippen molar-refractivity contribution in [1.29, 1.82) is 0 Å². The van der Waals surface area contributed by atoms with E-state index in [1.807, 2.05) is 0 Å². The first-order valence-electron chi connectivity index (χ1n) is 10.7. The topological polar surface area (TPSA) is 152 Å². The predicted molar refractivity (Wildman–Crippen MR) is 120 cm³/mol. The largest absolute Gasteiger partial charge is 0.360 e. The van der Waals surface area contributed by atoms with Gasteiger partial charge in [-0.3, -0.25) is 9.59 Å². The van der Waals surface area contributed by atoms with Crippen molar-refractivity contribution in [2.24, 2.45) is 5.92 Å². The first-order valence-corrected chi connectivity index (χ1v) is 12.2. The van der Waals surface area contributed by atoms with Gasteiger partial charge in [0.25, 0.3) is 0 Å². The molecular formula is C21H25N7O5S. The summed E-state index contributed by atoms with van der Waals surface area (Å²) in [6.45, 7) is 3.37. The molecule has 1 aliphatic rings. The van der Waals surface area contributed by atoms with Crippen LogP contribution in [-0.4, -0.2) is 64.1 Å². The number of nitrogens with zero attached hydrogens (tertiary/aromatic N) is 5. The molecule has 2 amide bonds. The molecule has 1 aromatic carbocycles. The number of rotatable bonds is 7. The minimum Gasteiger partial charge on any atom is -0.360 e. The summed E-state index contributed by atoms with van der Waals surface area (Å²) in [6, 6.07) is 7.03. The molecule has 180 valence electrons. The predicted octanol–water partition coefficient (Wildman–Crippen LogP) is 1.03. The van der Waals surface area contributed by atoms with E-state index in [1.54, 1.807) is 49.1 Å². The summed E-state index contributed by atoms with van der Waals surface area (Å²) in [6.07, 6.45) is 3.72. The molecule has 0 radical (unpaired) electrons. The summed E-state index contributed by atoms with van der Waals surface area (Å²) in [5.74, 6) is -0.756. The molecule has 0 saturated carbocycles. The molecule has 1 fully saturated rings. The quantitative estimate of drug-likeness (QED) is 0.501. The molecule has 3 aromatic rings. The van der Waals surface area contributed by atoms with Crippen molar-refractivity contribution in [2.45, 2.75) is 31.6 Å². The summed E-state index contributed by atoms with van der Waals surface area (Å²) in [5.41, 5.74) is 1.70. The molecule has 1 aliphatic heterocycles. The van der Waals surface area contributed by atoms with Crippen molar-refractivity contribution in [3.8, 4) is 5.69 Å². The highest BCUT2D eigenvalue weighted by molar-refractivity contribution is 7.89. The Morgan fingerprint density at radius 3 is 2.44 bits per heavy atom. The second kappa shape index (κ2) is 9.73. The van der Waals surface area contributed by atoms with Gasteiger partial charge in [-0.2, -0.15) is 9.40 Å². The molecule has 0 unspecified atom stereocenters.